The van der Waals surface area contributed by atoms with Crippen molar-refractivity contribution in [3.63, 3.8) is 0 Å². The SMILES string of the molecule is CCOc1cc(/C=C2\SC(=O)N(Cc3cc4c(cc3Cl)OCO4)C2=O)ccc1OS(=O)(=O)c1ccc(C)cc1. The van der Waals surface area contributed by atoms with Gasteiger partial charge in [-0.3, -0.25) is 14.5 Å². The van der Waals surface area contributed by atoms with Crippen LogP contribution in [0.5, 0.6) is 23.0 Å². The standard InChI is InChI=1S/C27H22ClNO8S2/c1-3-34-22-10-17(6-9-21(22)37-39(32,33)19-7-4-16(2)5-8-19)11-25-26(30)29(27(31)38-25)14-18-12-23-24(13-20(18)28)36-15-35-23/h4-13H,3,14-15H2,1-2H3/b25-11-. The molecule has 3 aromatic rings. The Morgan fingerprint density at radius 2 is 1.74 bits per heavy atom. The molecule has 39 heavy (non-hydrogen) atoms. The van der Waals surface area contributed by atoms with Crippen LogP contribution >= 0.6 is 23.4 Å². The van der Waals surface area contributed by atoms with Gasteiger partial charge in [0.15, 0.2) is 23.0 Å². The lowest BCUT2D eigenvalue weighted by Gasteiger charge is -2.14. The molecule has 0 radical (unpaired) electrons. The molecule has 2 aliphatic rings. The van der Waals surface area contributed by atoms with Gasteiger partial charge in [-0.25, -0.2) is 0 Å². The van der Waals surface area contributed by atoms with Crippen LogP contribution in [0.15, 0.2) is 64.4 Å². The molecule has 0 spiro atoms. The zero-order chi connectivity index (χ0) is 27.7. The number of aryl methyl sites for hydroxylation is 1. The number of rotatable bonds is 8. The number of benzene rings is 3. The van der Waals surface area contributed by atoms with Crippen LogP contribution in [0, 0.1) is 6.92 Å². The molecule has 1 saturated heterocycles. The Labute approximate surface area is 234 Å². The van der Waals surface area contributed by atoms with Crippen LogP contribution in [0.25, 0.3) is 6.08 Å². The molecular weight excluding hydrogens is 566 g/mol. The molecule has 2 aliphatic heterocycles. The van der Waals surface area contributed by atoms with Crippen molar-refractivity contribution >= 4 is 50.7 Å². The van der Waals surface area contributed by atoms with Crippen molar-refractivity contribution < 1.29 is 36.4 Å². The summed E-state index contributed by atoms with van der Waals surface area (Å²) in [5, 5.41) is -0.103. The maximum Gasteiger partial charge on any atom is 0.339 e. The van der Waals surface area contributed by atoms with Crippen LogP contribution in [0.3, 0.4) is 0 Å². The first-order chi connectivity index (χ1) is 18.6. The van der Waals surface area contributed by atoms with E-state index in [0.717, 1.165) is 22.2 Å². The lowest BCUT2D eigenvalue weighted by molar-refractivity contribution is -0.123. The highest BCUT2D eigenvalue weighted by atomic mass is 35.5. The van der Waals surface area contributed by atoms with Crippen LogP contribution in [0.4, 0.5) is 4.79 Å². The number of hydrogen-bond donors (Lipinski definition) is 0. The van der Waals surface area contributed by atoms with E-state index >= 15 is 0 Å². The van der Waals surface area contributed by atoms with Gasteiger partial charge in [-0.05, 0) is 73.1 Å². The second kappa shape index (κ2) is 10.8. The molecule has 5 rings (SSSR count). The summed E-state index contributed by atoms with van der Waals surface area (Å²) >= 11 is 7.12. The second-order valence-corrected chi connectivity index (χ2v) is 11.5. The Morgan fingerprint density at radius 3 is 2.46 bits per heavy atom. The molecule has 0 saturated carbocycles. The largest absolute Gasteiger partial charge is 0.490 e. The highest BCUT2D eigenvalue weighted by Gasteiger charge is 2.36. The maximum atomic E-state index is 13.1. The average Bonchev–Trinajstić information content (AvgIpc) is 3.45. The van der Waals surface area contributed by atoms with E-state index in [1.807, 2.05) is 6.92 Å². The molecule has 1 fully saturated rings. The van der Waals surface area contributed by atoms with Crippen molar-refractivity contribution in [2.45, 2.75) is 25.3 Å². The number of thioether (sulfide) groups is 1. The van der Waals surface area contributed by atoms with E-state index < -0.39 is 21.3 Å². The summed E-state index contributed by atoms with van der Waals surface area (Å²) in [7, 11) is -4.10. The highest BCUT2D eigenvalue weighted by molar-refractivity contribution is 8.18. The van der Waals surface area contributed by atoms with Gasteiger partial charge >= 0.3 is 10.1 Å². The molecule has 0 atom stereocenters. The van der Waals surface area contributed by atoms with E-state index in [0.29, 0.717) is 27.6 Å². The average molecular weight is 588 g/mol. The summed E-state index contributed by atoms with van der Waals surface area (Å²) in [6.45, 7) is 3.88. The van der Waals surface area contributed by atoms with Crippen molar-refractivity contribution in [2.24, 2.45) is 0 Å². The van der Waals surface area contributed by atoms with Crippen molar-refractivity contribution in [2.75, 3.05) is 13.4 Å². The first-order valence-electron chi connectivity index (χ1n) is 11.8. The van der Waals surface area contributed by atoms with Crippen LogP contribution in [0.2, 0.25) is 5.02 Å². The third-order valence-corrected chi connectivity index (χ3v) is 8.33. The third kappa shape index (κ3) is 5.70. The van der Waals surface area contributed by atoms with Gasteiger partial charge in [0, 0.05) is 11.1 Å². The van der Waals surface area contributed by atoms with Crippen LogP contribution in [0.1, 0.15) is 23.6 Å². The van der Waals surface area contributed by atoms with Crippen molar-refractivity contribution in [3.8, 4) is 23.0 Å². The fraction of sp³-hybridized carbons (Fsp3) is 0.185. The van der Waals surface area contributed by atoms with Crippen molar-refractivity contribution in [1.29, 1.82) is 0 Å². The molecular formula is C27H22ClNO8S2. The highest BCUT2D eigenvalue weighted by Crippen LogP contribution is 2.40. The van der Waals surface area contributed by atoms with Gasteiger partial charge in [-0.1, -0.05) is 35.4 Å². The van der Waals surface area contributed by atoms with Gasteiger partial charge in [0.25, 0.3) is 11.1 Å². The molecule has 0 unspecified atom stereocenters. The molecule has 0 aliphatic carbocycles. The van der Waals surface area contributed by atoms with E-state index in [1.54, 1.807) is 43.3 Å². The fourth-order valence-corrected chi connectivity index (χ4v) is 5.85. The van der Waals surface area contributed by atoms with Gasteiger partial charge in [-0.2, -0.15) is 8.42 Å². The van der Waals surface area contributed by atoms with E-state index in [9.17, 15) is 18.0 Å². The number of hydrogen-bond acceptors (Lipinski definition) is 9. The molecule has 9 nitrogen and oxygen atoms in total. The number of carbonyl (C=O) groups is 2. The zero-order valence-corrected chi connectivity index (χ0v) is 23.2. The Bertz CT molecular complexity index is 1600. The van der Waals surface area contributed by atoms with E-state index in [-0.39, 0.29) is 41.2 Å². The minimum Gasteiger partial charge on any atom is -0.490 e. The Balaban J connectivity index is 1.37. The number of carbonyl (C=O) groups excluding carboxylic acids is 2. The van der Waals surface area contributed by atoms with Crippen molar-refractivity contribution in [3.05, 3.63) is 81.2 Å². The summed E-state index contributed by atoms with van der Waals surface area (Å²) in [4.78, 5) is 27.1. The van der Waals surface area contributed by atoms with Gasteiger partial charge in [0.1, 0.15) is 4.90 Å². The topological polar surface area (TPSA) is 108 Å². The number of amides is 2. The summed E-state index contributed by atoms with van der Waals surface area (Å²) in [6, 6.07) is 14.1. The molecule has 2 heterocycles. The first kappa shape index (κ1) is 26.9. The predicted octanol–water partition coefficient (Wildman–Crippen LogP) is 5.78. The molecule has 2 amide bonds. The second-order valence-electron chi connectivity index (χ2n) is 8.55. The monoisotopic (exact) mass is 587 g/mol. The summed E-state index contributed by atoms with van der Waals surface area (Å²) in [5.74, 6) is 0.682. The van der Waals surface area contributed by atoms with E-state index in [4.69, 9.17) is 30.0 Å². The number of imide groups is 1. The normalized spacial score (nSPS) is 15.8. The number of nitrogens with zero attached hydrogens (tertiary/aromatic N) is 1. The van der Waals surface area contributed by atoms with Gasteiger partial charge in [0.05, 0.1) is 18.1 Å². The Morgan fingerprint density at radius 1 is 1.03 bits per heavy atom. The predicted molar refractivity (Wildman–Crippen MR) is 146 cm³/mol. The molecule has 0 bridgehead atoms. The molecule has 0 N–H and O–H groups in total. The summed E-state index contributed by atoms with van der Waals surface area (Å²) < 4.78 is 47.2. The van der Waals surface area contributed by atoms with Gasteiger partial charge in [-0.15, -0.1) is 0 Å². The van der Waals surface area contributed by atoms with Gasteiger partial charge in [0.2, 0.25) is 6.79 Å². The first-order valence-corrected chi connectivity index (χ1v) is 14.4. The Kier molecular flexibility index (Phi) is 7.48. The molecule has 3 aromatic carbocycles. The quantitative estimate of drug-likeness (QED) is 0.239. The zero-order valence-electron chi connectivity index (χ0n) is 20.8. The minimum absolute atomic E-state index is 0.000120. The Hall–Kier alpha value is -3.67. The fourth-order valence-electron chi connectivity index (χ4n) is 3.86. The third-order valence-electron chi connectivity index (χ3n) is 5.82. The molecule has 12 heteroatoms. The van der Waals surface area contributed by atoms with Crippen LogP contribution < -0.4 is 18.4 Å². The summed E-state index contributed by atoms with van der Waals surface area (Å²) in [5.41, 5.74) is 1.97. The van der Waals surface area contributed by atoms with Crippen LogP contribution in [-0.2, 0) is 21.5 Å². The minimum atomic E-state index is -4.10. The van der Waals surface area contributed by atoms with Gasteiger partial charge < -0.3 is 18.4 Å². The molecule has 0 aromatic heterocycles. The van der Waals surface area contributed by atoms with Crippen molar-refractivity contribution in [1.82, 2.24) is 4.90 Å². The maximum absolute atomic E-state index is 13.1. The van der Waals surface area contributed by atoms with E-state index in [2.05, 4.69) is 0 Å². The number of halogens is 1. The smallest absolute Gasteiger partial charge is 0.339 e. The molecule has 202 valence electrons. The lowest BCUT2D eigenvalue weighted by Crippen LogP contribution is -2.27. The lowest BCUT2D eigenvalue weighted by atomic mass is 10.1. The number of fused-ring (bicyclic) bond motifs is 1. The number of ether oxygens (including phenoxy) is 3. The summed E-state index contributed by atoms with van der Waals surface area (Å²) in [6.07, 6.45) is 1.53. The van der Waals surface area contributed by atoms with Crippen LogP contribution in [-0.4, -0.2) is 37.9 Å². The van der Waals surface area contributed by atoms with E-state index in [1.165, 1.54) is 24.3 Å².